The minimum atomic E-state index is -1.09. The molecule has 0 radical (unpaired) electrons. The van der Waals surface area contributed by atoms with E-state index in [0.717, 1.165) is 49.7 Å². The average molecular weight is 565 g/mol. The molecule has 2 heterocycles. The Bertz CT molecular complexity index is 1970. The Hall–Kier alpha value is -5.62. The summed E-state index contributed by atoms with van der Waals surface area (Å²) in [6.45, 7) is 0. The number of carbonyl (C=O) groups excluding carboxylic acids is 1. The van der Waals surface area contributed by atoms with Crippen LogP contribution >= 0.6 is 0 Å². The molecule has 1 aliphatic heterocycles. The number of hydrogen-bond donors (Lipinski definition) is 3. The predicted molar refractivity (Wildman–Crippen MR) is 168 cm³/mol. The van der Waals surface area contributed by atoms with Crippen molar-refractivity contribution in [3.8, 4) is 5.75 Å². The van der Waals surface area contributed by atoms with Gasteiger partial charge in [-0.05, 0) is 52.8 Å². The Kier molecular flexibility index (Phi) is 6.51. The molecule has 0 aliphatic carbocycles. The highest BCUT2D eigenvalue weighted by molar-refractivity contribution is 6.02. The standard InChI is InChI=1S/C37H28N2O4/c40-35(39-33(36(41)42)22-26-23-38-32-14-8-7-13-30(26)32)25-15-17-29-24(21-25)16-18-34-31(29)19-20-37(43-34,27-9-3-1-4-10-27)28-11-5-2-6-12-28/h1-21,23,33,38H,22H2,(H,39,40)(H,41,42)/t33-/m0/s1. The van der Waals surface area contributed by atoms with Gasteiger partial charge in [-0.15, -0.1) is 0 Å². The summed E-state index contributed by atoms with van der Waals surface area (Å²) in [5, 5.41) is 15.4. The van der Waals surface area contributed by atoms with Gasteiger partial charge in [0.05, 0.1) is 0 Å². The van der Waals surface area contributed by atoms with Gasteiger partial charge in [-0.1, -0.05) is 91.0 Å². The number of fused-ring (bicyclic) bond motifs is 4. The maximum absolute atomic E-state index is 13.3. The smallest absolute Gasteiger partial charge is 0.326 e. The second-order valence-electron chi connectivity index (χ2n) is 10.7. The Labute approximate surface area is 248 Å². The summed E-state index contributed by atoms with van der Waals surface area (Å²) in [6, 6.07) is 36.2. The molecule has 5 aromatic carbocycles. The quantitative estimate of drug-likeness (QED) is 0.193. The van der Waals surface area contributed by atoms with Crippen LogP contribution in [0.4, 0.5) is 0 Å². The number of carbonyl (C=O) groups is 2. The number of amides is 1. The maximum Gasteiger partial charge on any atom is 0.326 e. The third-order valence-corrected chi connectivity index (χ3v) is 8.15. The summed E-state index contributed by atoms with van der Waals surface area (Å²) in [5.74, 6) is -0.786. The van der Waals surface area contributed by atoms with Crippen LogP contribution in [0.3, 0.4) is 0 Å². The van der Waals surface area contributed by atoms with Crippen molar-refractivity contribution in [2.45, 2.75) is 18.1 Å². The van der Waals surface area contributed by atoms with E-state index in [-0.39, 0.29) is 6.42 Å². The SMILES string of the molecule is O=C(N[C@@H](Cc1c[nH]c2ccccc12)C(=O)O)c1ccc2c3c(ccc2c1)OC(c1ccccc1)(c1ccccc1)C=C3. The van der Waals surface area contributed by atoms with Crippen LogP contribution in [0.15, 0.2) is 128 Å². The van der Waals surface area contributed by atoms with E-state index in [4.69, 9.17) is 4.74 Å². The van der Waals surface area contributed by atoms with E-state index in [1.807, 2.05) is 78.9 Å². The molecule has 0 fully saturated rings. The molecule has 0 spiro atoms. The highest BCUT2D eigenvalue weighted by Crippen LogP contribution is 2.44. The van der Waals surface area contributed by atoms with Crippen molar-refractivity contribution in [1.29, 1.82) is 0 Å². The van der Waals surface area contributed by atoms with Crippen molar-refractivity contribution in [2.75, 3.05) is 0 Å². The van der Waals surface area contributed by atoms with Crippen LogP contribution in [-0.2, 0) is 16.8 Å². The Morgan fingerprint density at radius 1 is 0.814 bits per heavy atom. The van der Waals surface area contributed by atoms with Crippen LogP contribution in [0, 0.1) is 0 Å². The summed E-state index contributed by atoms with van der Waals surface area (Å²) < 4.78 is 6.80. The molecule has 1 amide bonds. The predicted octanol–water partition coefficient (Wildman–Crippen LogP) is 7.10. The summed E-state index contributed by atoms with van der Waals surface area (Å²) in [4.78, 5) is 28.5. The van der Waals surface area contributed by atoms with Crippen molar-refractivity contribution in [1.82, 2.24) is 10.3 Å². The fraction of sp³-hybridized carbons (Fsp3) is 0.0811. The van der Waals surface area contributed by atoms with Crippen molar-refractivity contribution in [3.05, 3.63) is 155 Å². The third kappa shape index (κ3) is 4.73. The fourth-order valence-corrected chi connectivity index (χ4v) is 5.95. The van der Waals surface area contributed by atoms with E-state index in [0.29, 0.717) is 5.56 Å². The van der Waals surface area contributed by atoms with Gasteiger partial charge >= 0.3 is 5.97 Å². The van der Waals surface area contributed by atoms with Gasteiger partial charge < -0.3 is 20.1 Å². The molecule has 1 aliphatic rings. The number of nitrogens with one attached hydrogen (secondary N) is 2. The number of aromatic nitrogens is 1. The molecule has 0 saturated carbocycles. The largest absolute Gasteiger partial charge is 0.480 e. The number of carboxylic acid groups (broad SMARTS) is 1. The Morgan fingerprint density at radius 2 is 1.51 bits per heavy atom. The molecule has 0 saturated heterocycles. The third-order valence-electron chi connectivity index (χ3n) is 8.15. The van der Waals surface area contributed by atoms with Gasteiger partial charge in [0.15, 0.2) is 5.60 Å². The van der Waals surface area contributed by atoms with E-state index in [1.165, 1.54) is 0 Å². The highest BCUT2D eigenvalue weighted by Gasteiger charge is 2.37. The molecule has 1 atom stereocenters. The second-order valence-corrected chi connectivity index (χ2v) is 10.7. The van der Waals surface area contributed by atoms with Gasteiger partial charge in [-0.2, -0.15) is 0 Å². The molecule has 43 heavy (non-hydrogen) atoms. The molecule has 210 valence electrons. The lowest BCUT2D eigenvalue weighted by Crippen LogP contribution is -2.42. The first-order valence-corrected chi connectivity index (χ1v) is 14.2. The number of carboxylic acids is 1. The molecule has 6 aromatic rings. The maximum atomic E-state index is 13.3. The van der Waals surface area contributed by atoms with E-state index >= 15 is 0 Å². The normalized spacial score (nSPS) is 14.1. The first-order valence-electron chi connectivity index (χ1n) is 14.2. The summed E-state index contributed by atoms with van der Waals surface area (Å²) >= 11 is 0. The lowest BCUT2D eigenvalue weighted by atomic mass is 9.83. The molecule has 7 rings (SSSR count). The lowest BCUT2D eigenvalue weighted by molar-refractivity contribution is -0.139. The minimum absolute atomic E-state index is 0.166. The van der Waals surface area contributed by atoms with E-state index in [9.17, 15) is 14.7 Å². The van der Waals surface area contributed by atoms with Crippen LogP contribution in [0.1, 0.15) is 32.6 Å². The van der Waals surface area contributed by atoms with Crippen LogP contribution in [0.5, 0.6) is 5.75 Å². The number of para-hydroxylation sites is 1. The Balaban J connectivity index is 1.18. The first-order chi connectivity index (χ1) is 21.0. The van der Waals surface area contributed by atoms with Crippen LogP contribution in [0.2, 0.25) is 0 Å². The molecule has 6 heteroatoms. The van der Waals surface area contributed by atoms with Gasteiger partial charge in [0.25, 0.3) is 5.91 Å². The average Bonchev–Trinajstić information content (AvgIpc) is 3.47. The number of benzene rings is 5. The van der Waals surface area contributed by atoms with Crippen LogP contribution in [-0.4, -0.2) is 28.0 Å². The number of aliphatic carboxylic acids is 1. The van der Waals surface area contributed by atoms with Gasteiger partial charge in [0.2, 0.25) is 0 Å². The van der Waals surface area contributed by atoms with Crippen LogP contribution in [0.25, 0.3) is 27.8 Å². The summed E-state index contributed by atoms with van der Waals surface area (Å²) in [6.07, 6.45) is 6.13. The van der Waals surface area contributed by atoms with Crippen molar-refractivity contribution in [3.63, 3.8) is 0 Å². The molecule has 6 nitrogen and oxygen atoms in total. The van der Waals surface area contributed by atoms with Gasteiger partial charge in [0.1, 0.15) is 11.8 Å². The lowest BCUT2D eigenvalue weighted by Gasteiger charge is -2.36. The van der Waals surface area contributed by atoms with E-state index < -0.39 is 23.5 Å². The zero-order valence-corrected chi connectivity index (χ0v) is 23.2. The van der Waals surface area contributed by atoms with Gasteiger partial charge in [-0.3, -0.25) is 4.79 Å². The Morgan fingerprint density at radius 3 is 2.23 bits per heavy atom. The van der Waals surface area contributed by atoms with E-state index in [2.05, 4.69) is 46.7 Å². The summed E-state index contributed by atoms with van der Waals surface area (Å²) in [5.41, 5.74) is 4.35. The highest BCUT2D eigenvalue weighted by atomic mass is 16.5. The summed E-state index contributed by atoms with van der Waals surface area (Å²) in [7, 11) is 0. The number of ether oxygens (including phenoxy) is 1. The van der Waals surface area contributed by atoms with Crippen LogP contribution < -0.4 is 10.1 Å². The molecule has 0 bridgehead atoms. The van der Waals surface area contributed by atoms with Crippen molar-refractivity contribution < 1.29 is 19.4 Å². The van der Waals surface area contributed by atoms with Gasteiger partial charge in [-0.25, -0.2) is 4.79 Å². The molecular weight excluding hydrogens is 536 g/mol. The molecule has 1 aromatic heterocycles. The molecular formula is C37H28N2O4. The molecule has 3 N–H and O–H groups in total. The topological polar surface area (TPSA) is 91.4 Å². The molecule has 0 unspecified atom stereocenters. The number of aromatic amines is 1. The number of hydrogen-bond acceptors (Lipinski definition) is 3. The monoisotopic (exact) mass is 564 g/mol. The van der Waals surface area contributed by atoms with Crippen molar-refractivity contribution >= 4 is 39.6 Å². The second kappa shape index (κ2) is 10.7. The van der Waals surface area contributed by atoms with Gasteiger partial charge in [0, 0.05) is 45.8 Å². The van der Waals surface area contributed by atoms with E-state index in [1.54, 1.807) is 18.3 Å². The van der Waals surface area contributed by atoms with Crippen molar-refractivity contribution in [2.24, 2.45) is 0 Å². The minimum Gasteiger partial charge on any atom is -0.480 e. The number of rotatable bonds is 7. The fourth-order valence-electron chi connectivity index (χ4n) is 5.95. The zero-order chi connectivity index (χ0) is 29.4. The first kappa shape index (κ1) is 26.3. The zero-order valence-electron chi connectivity index (χ0n) is 23.2. The number of H-pyrrole nitrogens is 1.